The molecule has 2 nitrogen and oxygen atoms in total. The molecule has 0 aliphatic carbocycles. The maximum absolute atomic E-state index is 6.41. The Morgan fingerprint density at radius 1 is 0.810 bits per heavy atom. The summed E-state index contributed by atoms with van der Waals surface area (Å²) in [6, 6.07) is 0. The van der Waals surface area contributed by atoms with Gasteiger partial charge in [0, 0.05) is 6.61 Å². The molecule has 0 aromatic carbocycles. The van der Waals surface area contributed by atoms with Crippen molar-refractivity contribution in [1.29, 1.82) is 0 Å². The van der Waals surface area contributed by atoms with Crippen molar-refractivity contribution >= 4 is 0 Å². The van der Waals surface area contributed by atoms with Crippen molar-refractivity contribution in [2.45, 2.75) is 106 Å². The smallest absolute Gasteiger partial charge is 0.0681 e. The summed E-state index contributed by atoms with van der Waals surface area (Å²) in [5.74, 6) is 0. The first-order valence-electron chi connectivity index (χ1n) is 8.38. The highest BCUT2D eigenvalue weighted by Gasteiger charge is 2.39. The van der Waals surface area contributed by atoms with E-state index in [0.29, 0.717) is 5.41 Å². The van der Waals surface area contributed by atoms with E-state index in [0.717, 1.165) is 19.4 Å². The topological polar surface area (TPSA) is 18.5 Å². The van der Waals surface area contributed by atoms with Crippen molar-refractivity contribution < 1.29 is 9.47 Å². The summed E-state index contributed by atoms with van der Waals surface area (Å²) < 4.78 is 12.3. The van der Waals surface area contributed by atoms with E-state index >= 15 is 0 Å². The Balaban J connectivity index is 4.57. The molecule has 0 heterocycles. The lowest BCUT2D eigenvalue weighted by atomic mass is 9.74. The molecule has 0 aliphatic rings. The van der Waals surface area contributed by atoms with Crippen LogP contribution in [0, 0.1) is 10.8 Å². The maximum atomic E-state index is 6.41. The average Bonchev–Trinajstić information content (AvgIpc) is 2.09. The molecule has 0 aliphatic heterocycles. The first-order chi connectivity index (χ1) is 9.06. The van der Waals surface area contributed by atoms with E-state index in [1.807, 2.05) is 0 Å². The van der Waals surface area contributed by atoms with Crippen LogP contribution in [0.2, 0.25) is 0 Å². The first kappa shape index (κ1) is 20.9. The summed E-state index contributed by atoms with van der Waals surface area (Å²) >= 11 is 0. The minimum atomic E-state index is -0.168. The molecule has 0 bridgehead atoms. The van der Waals surface area contributed by atoms with Gasteiger partial charge < -0.3 is 9.47 Å². The van der Waals surface area contributed by atoms with Crippen molar-refractivity contribution in [2.75, 3.05) is 6.61 Å². The Morgan fingerprint density at radius 3 is 1.67 bits per heavy atom. The summed E-state index contributed by atoms with van der Waals surface area (Å²) in [5, 5.41) is 0. The first-order valence-corrected chi connectivity index (χ1v) is 8.38. The van der Waals surface area contributed by atoms with Gasteiger partial charge in [-0.3, -0.25) is 0 Å². The van der Waals surface area contributed by atoms with Gasteiger partial charge in [-0.15, -0.1) is 0 Å². The lowest BCUT2D eigenvalue weighted by Gasteiger charge is -2.44. The Bertz CT molecular complexity index is 303. The van der Waals surface area contributed by atoms with Gasteiger partial charge in [0.25, 0.3) is 0 Å². The van der Waals surface area contributed by atoms with E-state index in [9.17, 15) is 0 Å². The number of hydrogen-bond acceptors (Lipinski definition) is 2. The average molecular weight is 301 g/mol. The molecule has 0 aromatic rings. The zero-order chi connectivity index (χ0) is 17.1. The fraction of sp³-hybridized carbons (Fsp3) is 1.00. The van der Waals surface area contributed by atoms with Crippen LogP contribution < -0.4 is 0 Å². The summed E-state index contributed by atoms with van der Waals surface area (Å²) in [7, 11) is 0. The largest absolute Gasteiger partial charge is 0.376 e. The summed E-state index contributed by atoms with van der Waals surface area (Å²) in [6.45, 7) is 25.1. The van der Waals surface area contributed by atoms with E-state index in [2.05, 4.69) is 76.2 Å². The van der Waals surface area contributed by atoms with Crippen LogP contribution in [0.25, 0.3) is 0 Å². The van der Waals surface area contributed by atoms with Crippen LogP contribution >= 0.6 is 0 Å². The second-order valence-corrected chi connectivity index (χ2v) is 9.80. The lowest BCUT2D eigenvalue weighted by molar-refractivity contribution is -0.148. The summed E-state index contributed by atoms with van der Waals surface area (Å²) in [6.07, 6.45) is 2.34. The molecular weight excluding hydrogens is 260 g/mol. The highest BCUT2D eigenvalue weighted by molar-refractivity contribution is 4.89. The molecule has 0 amide bonds. The number of hydrogen-bond donors (Lipinski definition) is 0. The number of ether oxygens (including phenoxy) is 2. The zero-order valence-electron chi connectivity index (χ0n) is 16.5. The third-order valence-corrected chi connectivity index (χ3v) is 4.29. The minimum absolute atomic E-state index is 0.0688. The molecular formula is C19H40O2. The van der Waals surface area contributed by atoms with Gasteiger partial charge >= 0.3 is 0 Å². The molecule has 1 unspecified atom stereocenters. The van der Waals surface area contributed by atoms with Gasteiger partial charge in [0.2, 0.25) is 0 Å². The quantitative estimate of drug-likeness (QED) is 0.588. The molecule has 0 saturated carbocycles. The van der Waals surface area contributed by atoms with Crippen molar-refractivity contribution in [2.24, 2.45) is 10.8 Å². The Labute approximate surface area is 134 Å². The van der Waals surface area contributed by atoms with Crippen LogP contribution in [-0.2, 0) is 9.47 Å². The zero-order valence-corrected chi connectivity index (χ0v) is 16.5. The Morgan fingerprint density at radius 2 is 1.29 bits per heavy atom. The van der Waals surface area contributed by atoms with E-state index in [-0.39, 0.29) is 22.7 Å². The highest BCUT2D eigenvalue weighted by atomic mass is 16.5. The third-order valence-electron chi connectivity index (χ3n) is 4.29. The van der Waals surface area contributed by atoms with Crippen molar-refractivity contribution in [3.8, 4) is 0 Å². The van der Waals surface area contributed by atoms with Crippen molar-refractivity contribution in [3.63, 3.8) is 0 Å². The summed E-state index contributed by atoms with van der Waals surface area (Å²) in [5.41, 5.74) is 0.138. The monoisotopic (exact) mass is 300 g/mol. The van der Waals surface area contributed by atoms with Crippen molar-refractivity contribution in [3.05, 3.63) is 0 Å². The van der Waals surface area contributed by atoms with E-state index in [1.165, 1.54) is 0 Å². The van der Waals surface area contributed by atoms with Crippen LogP contribution in [0.4, 0.5) is 0 Å². The molecule has 0 fully saturated rings. The maximum Gasteiger partial charge on any atom is 0.0681 e. The molecule has 0 saturated heterocycles. The Kier molecular flexibility index (Phi) is 6.97. The van der Waals surface area contributed by atoms with Crippen LogP contribution in [-0.4, -0.2) is 23.9 Å². The van der Waals surface area contributed by atoms with Gasteiger partial charge in [-0.1, -0.05) is 34.6 Å². The van der Waals surface area contributed by atoms with Crippen LogP contribution in [0.5, 0.6) is 0 Å². The van der Waals surface area contributed by atoms with Gasteiger partial charge in [0.05, 0.1) is 17.3 Å². The molecule has 21 heavy (non-hydrogen) atoms. The normalized spacial score (nSPS) is 16.1. The lowest BCUT2D eigenvalue weighted by Crippen LogP contribution is -2.45. The van der Waals surface area contributed by atoms with Gasteiger partial charge in [0.15, 0.2) is 0 Å². The third kappa shape index (κ3) is 8.83. The standard InChI is InChI=1S/C19H40O2/c1-15(14-16(2,3)4)21-19(10,11)18(8,9)12-13-20-17(5,6)7/h15H,12-14H2,1-11H3. The molecule has 0 radical (unpaired) electrons. The fourth-order valence-electron chi connectivity index (χ4n) is 2.48. The number of rotatable bonds is 7. The molecule has 0 N–H and O–H groups in total. The van der Waals surface area contributed by atoms with E-state index in [1.54, 1.807) is 0 Å². The predicted molar refractivity (Wildman–Crippen MR) is 92.8 cm³/mol. The summed E-state index contributed by atoms with van der Waals surface area (Å²) in [4.78, 5) is 0. The fourth-order valence-corrected chi connectivity index (χ4v) is 2.48. The van der Waals surface area contributed by atoms with Gasteiger partial charge in [-0.25, -0.2) is 0 Å². The van der Waals surface area contributed by atoms with Gasteiger partial charge in [0.1, 0.15) is 0 Å². The van der Waals surface area contributed by atoms with Crippen molar-refractivity contribution in [1.82, 2.24) is 0 Å². The molecule has 2 heteroatoms. The van der Waals surface area contributed by atoms with Crippen LogP contribution in [0.15, 0.2) is 0 Å². The molecule has 1 atom stereocenters. The Hall–Kier alpha value is -0.0800. The second kappa shape index (κ2) is 7.00. The van der Waals surface area contributed by atoms with Gasteiger partial charge in [-0.2, -0.15) is 0 Å². The molecule has 0 rings (SSSR count). The molecule has 0 aromatic heterocycles. The highest BCUT2D eigenvalue weighted by Crippen LogP contribution is 2.39. The van der Waals surface area contributed by atoms with Gasteiger partial charge in [-0.05, 0) is 65.2 Å². The van der Waals surface area contributed by atoms with E-state index < -0.39 is 0 Å². The SMILES string of the molecule is CC(CC(C)(C)C)OC(C)(C)C(C)(C)CCOC(C)(C)C. The predicted octanol–water partition coefficient (Wildman–Crippen LogP) is 5.84. The molecule has 128 valence electrons. The van der Waals surface area contributed by atoms with E-state index in [4.69, 9.17) is 9.47 Å². The van der Waals surface area contributed by atoms with Crippen LogP contribution in [0.1, 0.15) is 89.0 Å². The minimum Gasteiger partial charge on any atom is -0.376 e. The molecule has 0 spiro atoms. The van der Waals surface area contributed by atoms with Crippen LogP contribution in [0.3, 0.4) is 0 Å². The second-order valence-electron chi connectivity index (χ2n) is 9.80.